The molecule has 0 bridgehead atoms. The first-order valence-corrected chi connectivity index (χ1v) is 7.21. The molecule has 2 aromatic heterocycles. The number of rotatable bonds is 2. The maximum atomic E-state index is 12.2. The molecule has 6 heteroatoms. The highest BCUT2D eigenvalue weighted by Gasteiger charge is 2.23. The zero-order chi connectivity index (χ0) is 12.7. The Labute approximate surface area is 113 Å². The molecule has 1 aliphatic heterocycles. The van der Waals surface area contributed by atoms with Gasteiger partial charge in [-0.05, 0) is 24.3 Å². The third-order valence-corrected chi connectivity index (χ3v) is 4.33. The molecule has 3 rings (SSSR count). The summed E-state index contributed by atoms with van der Waals surface area (Å²) >= 11 is 7.46. The lowest BCUT2D eigenvalue weighted by Gasteiger charge is -2.06. The largest absolute Gasteiger partial charge is 0.381 e. The molecule has 1 aliphatic rings. The molecule has 0 aliphatic carbocycles. The summed E-state index contributed by atoms with van der Waals surface area (Å²) < 4.78 is 5.38. The van der Waals surface area contributed by atoms with Crippen molar-refractivity contribution in [2.75, 3.05) is 13.2 Å². The summed E-state index contributed by atoms with van der Waals surface area (Å²) in [6.07, 6.45) is 0.971. The van der Waals surface area contributed by atoms with Crippen LogP contribution in [0.2, 0.25) is 0 Å². The average molecular weight is 285 g/mol. The van der Waals surface area contributed by atoms with Gasteiger partial charge in [0.1, 0.15) is 10.7 Å². The van der Waals surface area contributed by atoms with Crippen LogP contribution in [0, 0.1) is 0 Å². The highest BCUT2D eigenvalue weighted by molar-refractivity contribution is 7.16. The molecule has 18 heavy (non-hydrogen) atoms. The summed E-state index contributed by atoms with van der Waals surface area (Å²) in [6, 6.07) is 0. The number of hydrogen-bond acceptors (Lipinski definition) is 4. The van der Waals surface area contributed by atoms with Gasteiger partial charge in [-0.15, -0.1) is 22.9 Å². The fourth-order valence-electron chi connectivity index (χ4n) is 2.26. The smallest absolute Gasteiger partial charge is 0.259 e. The molecule has 0 saturated carbocycles. The summed E-state index contributed by atoms with van der Waals surface area (Å²) in [4.78, 5) is 20.1. The molecule has 2 atom stereocenters. The van der Waals surface area contributed by atoms with Crippen LogP contribution in [0.15, 0.2) is 10.2 Å². The fourth-order valence-corrected chi connectivity index (χ4v) is 3.39. The minimum atomic E-state index is -0.289. The Morgan fingerprint density at radius 1 is 1.67 bits per heavy atom. The molecule has 96 valence electrons. The number of fused-ring (bicyclic) bond motifs is 1. The van der Waals surface area contributed by atoms with Crippen molar-refractivity contribution in [3.05, 3.63) is 27.1 Å². The maximum absolute atomic E-state index is 12.2. The molecule has 1 saturated heterocycles. The normalized spacial score (nSPS) is 21.6. The van der Waals surface area contributed by atoms with Crippen LogP contribution >= 0.6 is 22.9 Å². The van der Waals surface area contributed by atoms with Gasteiger partial charge in [-0.3, -0.25) is 4.79 Å². The first-order valence-electron chi connectivity index (χ1n) is 5.90. The molecule has 0 aromatic carbocycles. The second-order valence-corrected chi connectivity index (χ2v) is 6.01. The highest BCUT2D eigenvalue weighted by Crippen LogP contribution is 2.33. The van der Waals surface area contributed by atoms with Gasteiger partial charge in [0.25, 0.3) is 5.56 Å². The van der Waals surface area contributed by atoms with Gasteiger partial charge in [-0.25, -0.2) is 4.98 Å². The van der Waals surface area contributed by atoms with E-state index in [0.29, 0.717) is 23.7 Å². The summed E-state index contributed by atoms with van der Waals surface area (Å²) in [5.41, 5.74) is 0.973. The summed E-state index contributed by atoms with van der Waals surface area (Å²) in [7, 11) is 0. The summed E-state index contributed by atoms with van der Waals surface area (Å²) in [6.45, 7) is 3.26. The van der Waals surface area contributed by atoms with Crippen molar-refractivity contribution in [2.45, 2.75) is 24.6 Å². The van der Waals surface area contributed by atoms with Gasteiger partial charge in [0.2, 0.25) is 0 Å². The van der Waals surface area contributed by atoms with E-state index in [0.717, 1.165) is 23.4 Å². The van der Waals surface area contributed by atoms with Gasteiger partial charge in [0.05, 0.1) is 17.4 Å². The SMILES string of the molecule is CC(Cl)c1nc2scc(C3CCOC3)c2c(=O)[nH]1. The molecule has 3 heterocycles. The molecule has 2 aromatic rings. The number of hydrogen-bond donors (Lipinski definition) is 1. The van der Waals surface area contributed by atoms with Crippen molar-refractivity contribution in [1.29, 1.82) is 0 Å². The molecule has 0 spiro atoms. The van der Waals surface area contributed by atoms with E-state index in [1.54, 1.807) is 6.92 Å². The Morgan fingerprint density at radius 3 is 3.17 bits per heavy atom. The van der Waals surface area contributed by atoms with Gasteiger partial charge in [-0.2, -0.15) is 0 Å². The third kappa shape index (κ3) is 1.96. The van der Waals surface area contributed by atoms with Crippen molar-refractivity contribution in [3.63, 3.8) is 0 Å². The van der Waals surface area contributed by atoms with E-state index < -0.39 is 0 Å². The Bertz CT molecular complexity index is 629. The summed E-state index contributed by atoms with van der Waals surface area (Å²) in [5, 5.41) is 2.44. The zero-order valence-corrected chi connectivity index (χ0v) is 11.5. The van der Waals surface area contributed by atoms with Crippen LogP contribution in [0.4, 0.5) is 0 Å². The van der Waals surface area contributed by atoms with Crippen LogP contribution in [0.5, 0.6) is 0 Å². The van der Waals surface area contributed by atoms with Crippen LogP contribution in [0.25, 0.3) is 10.2 Å². The van der Waals surface area contributed by atoms with E-state index >= 15 is 0 Å². The number of nitrogens with one attached hydrogen (secondary N) is 1. The number of alkyl halides is 1. The van der Waals surface area contributed by atoms with E-state index in [-0.39, 0.29) is 10.9 Å². The van der Waals surface area contributed by atoms with Gasteiger partial charge in [0.15, 0.2) is 0 Å². The number of aromatic nitrogens is 2. The second kappa shape index (κ2) is 4.64. The Kier molecular flexibility index (Phi) is 3.13. The Balaban J connectivity index is 2.16. The quantitative estimate of drug-likeness (QED) is 0.863. The molecular weight excluding hydrogens is 272 g/mol. The van der Waals surface area contributed by atoms with E-state index in [1.807, 2.05) is 5.38 Å². The number of H-pyrrole nitrogens is 1. The third-order valence-electron chi connectivity index (χ3n) is 3.24. The highest BCUT2D eigenvalue weighted by atomic mass is 35.5. The summed E-state index contributed by atoms with van der Waals surface area (Å²) in [5.74, 6) is 0.853. The molecule has 1 N–H and O–H groups in total. The van der Waals surface area contributed by atoms with Gasteiger partial charge in [0, 0.05) is 12.5 Å². The molecule has 2 unspecified atom stereocenters. The van der Waals surface area contributed by atoms with Gasteiger partial charge < -0.3 is 9.72 Å². The van der Waals surface area contributed by atoms with E-state index in [2.05, 4.69) is 9.97 Å². The lowest BCUT2D eigenvalue weighted by Crippen LogP contribution is -2.13. The number of aromatic amines is 1. The molecule has 4 nitrogen and oxygen atoms in total. The fraction of sp³-hybridized carbons (Fsp3) is 0.500. The minimum absolute atomic E-state index is 0.0920. The van der Waals surface area contributed by atoms with Crippen LogP contribution in [0.3, 0.4) is 0 Å². The number of thiophene rings is 1. The Hall–Kier alpha value is -0.910. The number of halogens is 1. The predicted molar refractivity (Wildman–Crippen MR) is 72.7 cm³/mol. The molecular formula is C12H13ClN2O2S. The van der Waals surface area contributed by atoms with Crippen LogP contribution < -0.4 is 5.56 Å². The van der Waals surface area contributed by atoms with Crippen molar-refractivity contribution in [1.82, 2.24) is 9.97 Å². The topological polar surface area (TPSA) is 55.0 Å². The average Bonchev–Trinajstić information content (AvgIpc) is 2.96. The van der Waals surface area contributed by atoms with Crippen LogP contribution in [-0.4, -0.2) is 23.2 Å². The monoisotopic (exact) mass is 284 g/mol. The Morgan fingerprint density at radius 2 is 2.50 bits per heavy atom. The number of ether oxygens (including phenoxy) is 1. The lowest BCUT2D eigenvalue weighted by atomic mass is 9.99. The predicted octanol–water partition coefficient (Wildman–Crippen LogP) is 2.79. The van der Waals surface area contributed by atoms with Crippen molar-refractivity contribution < 1.29 is 4.74 Å². The van der Waals surface area contributed by atoms with Crippen molar-refractivity contribution in [2.24, 2.45) is 0 Å². The standard InChI is InChI=1S/C12H13ClN2O2S/c1-6(13)10-14-11(16)9-8(5-18-12(9)15-10)7-2-3-17-4-7/h5-7H,2-4H2,1H3,(H,14,15,16). The van der Waals surface area contributed by atoms with Gasteiger partial charge in [-0.1, -0.05) is 0 Å². The van der Waals surface area contributed by atoms with E-state index in [9.17, 15) is 4.79 Å². The van der Waals surface area contributed by atoms with E-state index in [1.165, 1.54) is 11.3 Å². The second-order valence-electron chi connectivity index (χ2n) is 4.50. The minimum Gasteiger partial charge on any atom is -0.381 e. The van der Waals surface area contributed by atoms with Crippen LogP contribution in [-0.2, 0) is 4.74 Å². The first kappa shape index (κ1) is 12.1. The van der Waals surface area contributed by atoms with E-state index in [4.69, 9.17) is 16.3 Å². The van der Waals surface area contributed by atoms with Gasteiger partial charge >= 0.3 is 0 Å². The molecule has 1 fully saturated rings. The zero-order valence-electron chi connectivity index (χ0n) is 9.90. The van der Waals surface area contributed by atoms with Crippen molar-refractivity contribution in [3.8, 4) is 0 Å². The number of nitrogens with zero attached hydrogens (tertiary/aromatic N) is 1. The van der Waals surface area contributed by atoms with Crippen molar-refractivity contribution >= 4 is 33.2 Å². The lowest BCUT2D eigenvalue weighted by molar-refractivity contribution is 0.194. The maximum Gasteiger partial charge on any atom is 0.259 e. The van der Waals surface area contributed by atoms with Crippen LogP contribution in [0.1, 0.15) is 36.0 Å². The molecule has 0 radical (unpaired) electrons. The molecule has 0 amide bonds. The first-order chi connectivity index (χ1) is 8.66.